The summed E-state index contributed by atoms with van der Waals surface area (Å²) in [6, 6.07) is -0.259. The van der Waals surface area contributed by atoms with Crippen LogP contribution in [0.3, 0.4) is 0 Å². The first-order valence-corrected chi connectivity index (χ1v) is 6.40. The number of methoxy groups -OCH3 is 1. The quantitative estimate of drug-likeness (QED) is 0.480. The van der Waals surface area contributed by atoms with Gasteiger partial charge in [0, 0.05) is 4.75 Å². The Morgan fingerprint density at radius 3 is 2.36 bits per heavy atom. The maximum absolute atomic E-state index is 11.0. The number of rotatable bonds is 4. The first-order chi connectivity index (χ1) is 5.87. The fourth-order valence-electron chi connectivity index (χ4n) is 0.528. The van der Waals surface area contributed by atoms with E-state index >= 15 is 0 Å². The van der Waals surface area contributed by atoms with Crippen LogP contribution in [0.4, 0.5) is 0 Å². The molecular weight excluding hydrogens is 286 g/mol. The number of ether oxygens (including phenoxy) is 1. The monoisotopic (exact) mass is 303 g/mol. The van der Waals surface area contributed by atoms with E-state index in [2.05, 4.69) is 31.2 Å². The molecular formula is C8H18BrNO2S2. The Labute approximate surface area is 104 Å². The highest BCUT2D eigenvalue weighted by Gasteiger charge is 2.19. The van der Waals surface area contributed by atoms with Gasteiger partial charge in [0.25, 0.3) is 0 Å². The highest BCUT2D eigenvalue weighted by molar-refractivity contribution is 8.77. The first kappa shape index (κ1) is 17.0. The average molecular weight is 304 g/mol. The van der Waals surface area contributed by atoms with Gasteiger partial charge in [-0.15, -0.1) is 0 Å². The standard InChI is InChI=1S/C8H17NO2S2.BrH/c1-8(2,3)13-12-5-6(9)7(10)11-4;/h6H,5,9H2,1-4H3;1H. The third-order valence-electron chi connectivity index (χ3n) is 1.11. The van der Waals surface area contributed by atoms with Gasteiger partial charge < -0.3 is 27.5 Å². The maximum atomic E-state index is 11.0. The van der Waals surface area contributed by atoms with Crippen molar-refractivity contribution in [1.29, 1.82) is 0 Å². The number of hydrogen-bond acceptors (Lipinski definition) is 4. The molecule has 0 fully saturated rings. The number of halogens is 1. The SMILES string of the molecule is COC(=O)C([NH3+])CSSC(C)(C)C.[Br-]. The molecule has 0 amide bonds. The molecule has 0 saturated heterocycles. The summed E-state index contributed by atoms with van der Waals surface area (Å²) in [5.41, 5.74) is 3.72. The van der Waals surface area contributed by atoms with E-state index in [0.717, 1.165) is 0 Å². The third kappa shape index (κ3) is 9.18. The maximum Gasteiger partial charge on any atom is 0.365 e. The van der Waals surface area contributed by atoms with Crippen molar-refractivity contribution in [2.24, 2.45) is 0 Å². The van der Waals surface area contributed by atoms with Crippen molar-refractivity contribution in [3.8, 4) is 0 Å². The van der Waals surface area contributed by atoms with Gasteiger partial charge >= 0.3 is 5.97 Å². The molecule has 0 aromatic rings. The lowest BCUT2D eigenvalue weighted by atomic mass is 10.3. The molecule has 0 aromatic carbocycles. The molecule has 0 aliphatic carbocycles. The van der Waals surface area contributed by atoms with Crippen LogP contribution in [0.25, 0.3) is 0 Å². The predicted octanol–water partition coefficient (Wildman–Crippen LogP) is -2.05. The molecule has 3 nitrogen and oxygen atoms in total. The van der Waals surface area contributed by atoms with Crippen LogP contribution in [-0.2, 0) is 9.53 Å². The van der Waals surface area contributed by atoms with Crippen molar-refractivity contribution in [2.45, 2.75) is 31.6 Å². The lowest BCUT2D eigenvalue weighted by Crippen LogP contribution is -3.00. The second-order valence-electron chi connectivity index (χ2n) is 3.70. The molecule has 6 heteroatoms. The van der Waals surface area contributed by atoms with Gasteiger partial charge in [0.05, 0.1) is 12.9 Å². The Morgan fingerprint density at radius 1 is 1.50 bits per heavy atom. The number of carbonyl (C=O) groups excluding carboxylic acids is 1. The molecule has 86 valence electrons. The predicted molar refractivity (Wildman–Crippen MR) is 58.5 cm³/mol. The van der Waals surface area contributed by atoms with Crippen LogP contribution in [-0.4, -0.2) is 29.6 Å². The summed E-state index contributed by atoms with van der Waals surface area (Å²) in [7, 11) is 4.81. The topological polar surface area (TPSA) is 53.9 Å². The van der Waals surface area contributed by atoms with E-state index in [1.54, 1.807) is 21.6 Å². The van der Waals surface area contributed by atoms with Gasteiger partial charge in [-0.3, -0.25) is 0 Å². The highest BCUT2D eigenvalue weighted by atomic mass is 79.9. The molecule has 14 heavy (non-hydrogen) atoms. The Hall–Kier alpha value is 0.610. The molecule has 0 radical (unpaired) electrons. The summed E-state index contributed by atoms with van der Waals surface area (Å²) in [5.74, 6) is 0.469. The van der Waals surface area contributed by atoms with Crippen molar-refractivity contribution in [3.05, 3.63) is 0 Å². The van der Waals surface area contributed by atoms with E-state index in [1.165, 1.54) is 7.11 Å². The molecule has 0 rings (SSSR count). The molecule has 1 atom stereocenters. The number of quaternary nitrogens is 1. The summed E-state index contributed by atoms with van der Waals surface area (Å²) in [6.45, 7) is 6.42. The van der Waals surface area contributed by atoms with Gasteiger partial charge in [0.1, 0.15) is 0 Å². The van der Waals surface area contributed by atoms with E-state index in [0.29, 0.717) is 5.75 Å². The Balaban J connectivity index is 0. The van der Waals surface area contributed by atoms with Gasteiger partial charge in [-0.1, -0.05) is 42.4 Å². The van der Waals surface area contributed by atoms with Crippen molar-refractivity contribution in [2.75, 3.05) is 12.9 Å². The Morgan fingerprint density at radius 2 is 2.00 bits per heavy atom. The Kier molecular flexibility index (Phi) is 9.54. The highest BCUT2D eigenvalue weighted by Crippen LogP contribution is 2.34. The fraction of sp³-hybridized carbons (Fsp3) is 0.875. The van der Waals surface area contributed by atoms with Crippen LogP contribution < -0.4 is 22.7 Å². The largest absolute Gasteiger partial charge is 1.00 e. The van der Waals surface area contributed by atoms with Crippen LogP contribution in [0, 0.1) is 0 Å². The molecule has 0 aliphatic heterocycles. The van der Waals surface area contributed by atoms with Gasteiger partial charge in [0.2, 0.25) is 0 Å². The van der Waals surface area contributed by atoms with Crippen LogP contribution in [0.2, 0.25) is 0 Å². The fourth-order valence-corrected chi connectivity index (χ4v) is 3.01. The minimum atomic E-state index is -0.259. The zero-order valence-corrected chi connectivity index (χ0v) is 12.2. The molecule has 0 spiro atoms. The van der Waals surface area contributed by atoms with Crippen LogP contribution in [0.15, 0.2) is 0 Å². The number of esters is 1. The zero-order chi connectivity index (χ0) is 10.5. The zero-order valence-electron chi connectivity index (χ0n) is 9.00. The normalized spacial score (nSPS) is 12.9. The molecule has 0 aromatic heterocycles. The molecule has 0 saturated carbocycles. The van der Waals surface area contributed by atoms with Gasteiger partial charge in [-0.25, -0.2) is 4.79 Å². The van der Waals surface area contributed by atoms with Gasteiger partial charge in [0.15, 0.2) is 6.04 Å². The van der Waals surface area contributed by atoms with E-state index in [9.17, 15) is 4.79 Å². The van der Waals surface area contributed by atoms with Crippen LogP contribution in [0.5, 0.6) is 0 Å². The van der Waals surface area contributed by atoms with Crippen molar-refractivity contribution in [1.82, 2.24) is 0 Å². The van der Waals surface area contributed by atoms with Crippen LogP contribution >= 0.6 is 21.6 Å². The lowest BCUT2D eigenvalue weighted by Gasteiger charge is -2.16. The minimum absolute atomic E-state index is 0. The van der Waals surface area contributed by atoms with Crippen LogP contribution in [0.1, 0.15) is 20.8 Å². The van der Waals surface area contributed by atoms with Crippen molar-refractivity contribution in [3.63, 3.8) is 0 Å². The summed E-state index contributed by atoms with van der Waals surface area (Å²) in [5, 5.41) is 0. The summed E-state index contributed by atoms with van der Waals surface area (Å²) >= 11 is 0. The van der Waals surface area contributed by atoms with E-state index < -0.39 is 0 Å². The molecule has 0 bridgehead atoms. The van der Waals surface area contributed by atoms with Crippen molar-refractivity contribution < 1.29 is 32.2 Å². The first-order valence-electron chi connectivity index (χ1n) is 4.08. The minimum Gasteiger partial charge on any atom is -1.00 e. The molecule has 0 aliphatic rings. The Bertz CT molecular complexity index is 173. The molecule has 3 N–H and O–H groups in total. The van der Waals surface area contributed by atoms with Crippen molar-refractivity contribution >= 4 is 27.6 Å². The summed E-state index contributed by atoms with van der Waals surface area (Å²) < 4.78 is 4.79. The average Bonchev–Trinajstić information content (AvgIpc) is 2.00. The second kappa shape index (κ2) is 7.84. The smallest absolute Gasteiger partial charge is 0.365 e. The van der Waals surface area contributed by atoms with E-state index in [-0.39, 0.29) is 33.7 Å². The second-order valence-corrected chi connectivity index (χ2v) is 6.87. The lowest BCUT2D eigenvalue weighted by molar-refractivity contribution is -0.400. The number of hydrogen-bond donors (Lipinski definition) is 1. The summed E-state index contributed by atoms with van der Waals surface area (Å²) in [6.07, 6.45) is 0. The van der Waals surface area contributed by atoms with Gasteiger partial charge in [-0.05, 0) is 0 Å². The third-order valence-corrected chi connectivity index (χ3v) is 4.53. The number of carbonyl (C=O) groups is 1. The van der Waals surface area contributed by atoms with Gasteiger partial charge in [-0.2, -0.15) is 0 Å². The van der Waals surface area contributed by atoms with E-state index in [4.69, 9.17) is 0 Å². The molecule has 0 heterocycles. The molecule has 1 unspecified atom stereocenters. The summed E-state index contributed by atoms with van der Waals surface area (Å²) in [4.78, 5) is 11.0. The van der Waals surface area contributed by atoms with E-state index in [1.807, 2.05) is 0 Å².